The van der Waals surface area contributed by atoms with Crippen LogP contribution < -0.4 is 5.73 Å². The van der Waals surface area contributed by atoms with Crippen LogP contribution in [0.2, 0.25) is 5.02 Å². The summed E-state index contributed by atoms with van der Waals surface area (Å²) in [6.45, 7) is 1.87. The Hall–Kier alpha value is -0.450. The fourth-order valence-electron chi connectivity index (χ4n) is 1.62. The normalized spacial score (nSPS) is 13.1. The van der Waals surface area contributed by atoms with E-state index >= 15 is 0 Å². The molecule has 1 aromatic rings. The van der Waals surface area contributed by atoms with Gasteiger partial charge in [-0.1, -0.05) is 31.0 Å². The maximum absolute atomic E-state index is 12.7. The molecule has 1 rings (SSSR count). The van der Waals surface area contributed by atoms with E-state index in [0.29, 0.717) is 12.8 Å². The summed E-state index contributed by atoms with van der Waals surface area (Å²) < 4.78 is 38.1. The average Bonchev–Trinajstić information content (AvgIpc) is 2.16. The summed E-state index contributed by atoms with van der Waals surface area (Å²) in [6.07, 6.45) is -3.22. The van der Waals surface area contributed by atoms with Crippen molar-refractivity contribution in [3.8, 4) is 0 Å². The molecule has 17 heavy (non-hydrogen) atoms. The van der Waals surface area contributed by atoms with E-state index in [9.17, 15) is 13.2 Å². The lowest BCUT2D eigenvalue weighted by molar-refractivity contribution is -0.138. The van der Waals surface area contributed by atoms with E-state index in [-0.39, 0.29) is 23.0 Å². The third-order valence-corrected chi connectivity index (χ3v) is 2.66. The largest absolute Gasteiger partial charge is 0.416 e. The van der Waals surface area contributed by atoms with Crippen LogP contribution in [0.15, 0.2) is 18.2 Å². The van der Waals surface area contributed by atoms with Gasteiger partial charge in [0.05, 0.1) is 5.56 Å². The van der Waals surface area contributed by atoms with Crippen molar-refractivity contribution in [2.75, 3.05) is 0 Å². The number of rotatable bonds is 3. The molecule has 0 unspecified atom stereocenters. The average molecular weight is 288 g/mol. The zero-order chi connectivity index (χ0) is 12.3. The zero-order valence-electron chi connectivity index (χ0n) is 9.22. The molecule has 0 spiro atoms. The van der Waals surface area contributed by atoms with E-state index in [0.717, 1.165) is 6.07 Å². The Balaban J connectivity index is 0.00000256. The highest BCUT2D eigenvalue weighted by atomic mass is 35.5. The number of hydrogen-bond donors (Lipinski definition) is 1. The lowest BCUT2D eigenvalue weighted by Crippen LogP contribution is -2.17. The van der Waals surface area contributed by atoms with Crippen molar-refractivity contribution in [2.24, 2.45) is 5.73 Å². The number of benzene rings is 1. The number of nitrogens with two attached hydrogens (primary N) is 1. The van der Waals surface area contributed by atoms with Crippen LogP contribution in [0.25, 0.3) is 0 Å². The van der Waals surface area contributed by atoms with E-state index in [2.05, 4.69) is 0 Å². The van der Waals surface area contributed by atoms with Crippen molar-refractivity contribution < 1.29 is 13.2 Å². The second kappa shape index (κ2) is 6.47. The third-order valence-electron chi connectivity index (χ3n) is 2.33. The minimum atomic E-state index is -4.41. The monoisotopic (exact) mass is 287 g/mol. The van der Waals surface area contributed by atoms with E-state index in [1.165, 1.54) is 12.1 Å². The van der Waals surface area contributed by atoms with Gasteiger partial charge in [-0.3, -0.25) is 0 Å². The van der Waals surface area contributed by atoms with Crippen LogP contribution >= 0.6 is 24.0 Å². The number of hydrogen-bond acceptors (Lipinski definition) is 1. The highest BCUT2D eigenvalue weighted by Crippen LogP contribution is 2.38. The fourth-order valence-corrected chi connectivity index (χ4v) is 1.93. The van der Waals surface area contributed by atoms with Gasteiger partial charge in [-0.2, -0.15) is 13.2 Å². The van der Waals surface area contributed by atoms with E-state index < -0.39 is 17.8 Å². The predicted octanol–water partition coefficient (Wildman–Crippen LogP) is 4.58. The smallest absolute Gasteiger partial charge is 0.324 e. The molecule has 0 radical (unpaired) electrons. The topological polar surface area (TPSA) is 26.0 Å². The first-order chi connectivity index (χ1) is 7.38. The van der Waals surface area contributed by atoms with Crippen LogP contribution in [-0.2, 0) is 6.18 Å². The van der Waals surface area contributed by atoms with Gasteiger partial charge in [0.2, 0.25) is 0 Å². The Kier molecular flexibility index (Phi) is 6.30. The van der Waals surface area contributed by atoms with Crippen molar-refractivity contribution in [3.63, 3.8) is 0 Å². The maximum Gasteiger partial charge on any atom is 0.416 e. The lowest BCUT2D eigenvalue weighted by Gasteiger charge is -2.19. The molecule has 0 saturated heterocycles. The molecule has 0 amide bonds. The first-order valence-corrected chi connectivity index (χ1v) is 5.37. The Morgan fingerprint density at radius 1 is 1.35 bits per heavy atom. The SMILES string of the molecule is CCC[C@@H](N)c1c(Cl)cccc1C(F)(F)F.Cl. The van der Waals surface area contributed by atoms with Gasteiger partial charge in [-0.05, 0) is 24.1 Å². The minimum Gasteiger partial charge on any atom is -0.324 e. The standard InChI is InChI=1S/C11H13ClF3N.ClH/c1-2-4-9(16)10-7(11(13,14)15)5-3-6-8(10)12;/h3,5-6,9H,2,4,16H2,1H3;1H/t9-;/m1./s1. The Labute approximate surface area is 110 Å². The molecule has 1 aromatic carbocycles. The molecule has 98 valence electrons. The third kappa shape index (κ3) is 4.05. The second-order valence-corrected chi connectivity index (χ2v) is 4.00. The summed E-state index contributed by atoms with van der Waals surface area (Å²) in [7, 11) is 0. The predicted molar refractivity (Wildman–Crippen MR) is 65.5 cm³/mol. The summed E-state index contributed by atoms with van der Waals surface area (Å²) in [6, 6.07) is 3.06. The number of halogens is 5. The molecular formula is C11H14Cl2F3N. The van der Waals surface area contributed by atoms with Crippen molar-refractivity contribution in [3.05, 3.63) is 34.3 Å². The number of alkyl halides is 3. The molecule has 1 atom stereocenters. The van der Waals surface area contributed by atoms with E-state index in [1.807, 2.05) is 6.92 Å². The first-order valence-electron chi connectivity index (χ1n) is 4.99. The van der Waals surface area contributed by atoms with Gasteiger partial charge in [-0.25, -0.2) is 0 Å². The molecule has 1 nitrogen and oxygen atoms in total. The first kappa shape index (κ1) is 16.6. The molecule has 0 heterocycles. The summed E-state index contributed by atoms with van der Waals surface area (Å²) in [4.78, 5) is 0. The highest BCUT2D eigenvalue weighted by molar-refractivity contribution is 6.31. The Bertz CT molecular complexity index is 366. The molecule has 0 aromatic heterocycles. The van der Waals surface area contributed by atoms with Crippen LogP contribution in [0.3, 0.4) is 0 Å². The molecule has 0 aliphatic heterocycles. The van der Waals surface area contributed by atoms with Crippen molar-refractivity contribution >= 4 is 24.0 Å². The summed E-state index contributed by atoms with van der Waals surface area (Å²) >= 11 is 5.79. The summed E-state index contributed by atoms with van der Waals surface area (Å²) in [5, 5.41) is 0.0794. The van der Waals surface area contributed by atoms with Gasteiger partial charge < -0.3 is 5.73 Å². The molecule has 2 N–H and O–H groups in total. The fraction of sp³-hybridized carbons (Fsp3) is 0.455. The zero-order valence-corrected chi connectivity index (χ0v) is 10.8. The molecule has 0 aliphatic rings. The highest BCUT2D eigenvalue weighted by Gasteiger charge is 2.35. The van der Waals surface area contributed by atoms with Gasteiger partial charge in [0, 0.05) is 11.1 Å². The van der Waals surface area contributed by atoms with Gasteiger partial charge in [0.1, 0.15) is 0 Å². The van der Waals surface area contributed by atoms with Crippen molar-refractivity contribution in [1.29, 1.82) is 0 Å². The van der Waals surface area contributed by atoms with E-state index in [4.69, 9.17) is 17.3 Å². The van der Waals surface area contributed by atoms with Crippen LogP contribution in [-0.4, -0.2) is 0 Å². The molecular weight excluding hydrogens is 274 g/mol. The summed E-state index contributed by atoms with van der Waals surface area (Å²) in [5.41, 5.74) is 4.98. The van der Waals surface area contributed by atoms with Crippen molar-refractivity contribution in [1.82, 2.24) is 0 Å². The quantitative estimate of drug-likeness (QED) is 0.865. The molecule has 0 bridgehead atoms. The van der Waals surface area contributed by atoms with E-state index in [1.54, 1.807) is 0 Å². The van der Waals surface area contributed by atoms with Crippen molar-refractivity contribution in [2.45, 2.75) is 32.0 Å². The lowest BCUT2D eigenvalue weighted by atomic mass is 9.97. The Morgan fingerprint density at radius 3 is 2.41 bits per heavy atom. The van der Waals surface area contributed by atoms with Gasteiger partial charge >= 0.3 is 6.18 Å². The van der Waals surface area contributed by atoms with Gasteiger partial charge in [0.15, 0.2) is 0 Å². The van der Waals surface area contributed by atoms with Crippen LogP contribution in [0, 0.1) is 0 Å². The minimum absolute atomic E-state index is 0. The summed E-state index contributed by atoms with van der Waals surface area (Å²) in [5.74, 6) is 0. The molecule has 6 heteroatoms. The van der Waals surface area contributed by atoms with Gasteiger partial charge in [0.25, 0.3) is 0 Å². The van der Waals surface area contributed by atoms with Crippen LogP contribution in [0.5, 0.6) is 0 Å². The molecule has 0 saturated carbocycles. The van der Waals surface area contributed by atoms with Gasteiger partial charge in [-0.15, -0.1) is 12.4 Å². The van der Waals surface area contributed by atoms with Crippen LogP contribution in [0.1, 0.15) is 36.9 Å². The molecule has 0 aliphatic carbocycles. The maximum atomic E-state index is 12.7. The second-order valence-electron chi connectivity index (χ2n) is 3.59. The molecule has 0 fully saturated rings. The Morgan fingerprint density at radius 2 is 1.94 bits per heavy atom. The van der Waals surface area contributed by atoms with Crippen LogP contribution in [0.4, 0.5) is 13.2 Å².